The minimum atomic E-state index is -0.544. The Hall–Kier alpha value is -4.17. The molecule has 0 aliphatic carbocycles. The fraction of sp³-hybridized carbons (Fsp3) is 0.489. The minimum Gasteiger partial charge on any atom is -0.390 e. The summed E-state index contributed by atoms with van der Waals surface area (Å²) in [5.74, 6) is 1.92. The van der Waals surface area contributed by atoms with Gasteiger partial charge < -0.3 is 35.8 Å². The van der Waals surface area contributed by atoms with Crippen molar-refractivity contribution in [1.29, 1.82) is 0 Å². The summed E-state index contributed by atoms with van der Waals surface area (Å²) < 4.78 is 6.09. The topological polar surface area (TPSA) is 176 Å². The number of nitrogens with two attached hydrogens (primary N) is 1. The number of likely N-dealkylation sites (tertiary alicyclic amines) is 1. The number of carbonyl (C=O) groups excluding carboxylic acids is 2. The smallest absolute Gasteiger partial charge is 0.223 e. The van der Waals surface area contributed by atoms with Crippen LogP contribution in [-0.2, 0) is 29.1 Å². The molecular formula is C47H60Br2N12O3S. The van der Waals surface area contributed by atoms with Crippen LogP contribution in [0.3, 0.4) is 0 Å². The molecule has 1 atom stereocenters. The van der Waals surface area contributed by atoms with Gasteiger partial charge in [-0.3, -0.25) is 14.5 Å². The van der Waals surface area contributed by atoms with Gasteiger partial charge in [0, 0.05) is 108 Å². The number of rotatable bonds is 20. The number of piperidine rings is 1. The largest absolute Gasteiger partial charge is 0.390 e. The molecule has 2 aliphatic heterocycles. The highest BCUT2D eigenvalue weighted by atomic mass is 79.9. The molecular weight excluding hydrogens is 972 g/mol. The first-order valence-electron chi connectivity index (χ1n) is 23.0. The fourth-order valence-electron chi connectivity index (χ4n) is 8.97. The van der Waals surface area contributed by atoms with Crippen molar-refractivity contribution in [3.05, 3.63) is 80.7 Å². The first kappa shape index (κ1) is 47.3. The predicted molar refractivity (Wildman–Crippen MR) is 266 cm³/mol. The zero-order chi connectivity index (χ0) is 45.3. The summed E-state index contributed by atoms with van der Waals surface area (Å²) in [7, 11) is 0. The molecule has 1 unspecified atom stereocenters. The van der Waals surface area contributed by atoms with Crippen LogP contribution in [0, 0.1) is 5.92 Å². The number of thioether (sulfide) groups is 1. The number of piperazine rings is 1. The lowest BCUT2D eigenvalue weighted by Gasteiger charge is -2.36. The van der Waals surface area contributed by atoms with Gasteiger partial charge in [0.25, 0.3) is 0 Å². The number of benzene rings is 3. The lowest BCUT2D eigenvalue weighted by Crippen LogP contribution is -2.51. The van der Waals surface area contributed by atoms with Crippen LogP contribution in [0.5, 0.6) is 0 Å². The average molecular weight is 1030 g/mol. The fourth-order valence-corrected chi connectivity index (χ4v) is 10.4. The lowest BCUT2D eigenvalue weighted by molar-refractivity contribution is -0.134. The number of hydrogen-bond donors (Lipinski definition) is 4. The number of aromatic nitrogens is 6. The van der Waals surface area contributed by atoms with Gasteiger partial charge in [0.1, 0.15) is 0 Å². The van der Waals surface area contributed by atoms with Crippen molar-refractivity contribution in [3.63, 3.8) is 0 Å². The van der Waals surface area contributed by atoms with E-state index in [2.05, 4.69) is 128 Å². The number of nitrogens with one attached hydrogen (secondary N) is 2. The van der Waals surface area contributed by atoms with Crippen molar-refractivity contribution >= 4 is 94.2 Å². The standard InChI is InChI=1S/C47H60Br2N12O3S/c1-2-26-65-47-53-44(51-18-16-50)43-45(54-47)61(56-55-43)29-33-7-5-32(6-8-33)4-3-17-52-46(64)34-13-19-57(20-14-34)21-15-42(63)59-24-22-58(23-25-59)30-37(62)31-60-40-11-9-35(48)27-38(40)39-28-36(49)10-12-41(39)60/h5-12,27-28,34,37,62H,2-4,13-26,29-31,50H2,1H3,(H,52,64)(H,51,53,54). The van der Waals surface area contributed by atoms with E-state index in [1.54, 1.807) is 11.8 Å². The molecule has 2 saturated heterocycles. The average Bonchev–Trinajstić information content (AvgIpc) is 3.85. The van der Waals surface area contributed by atoms with Gasteiger partial charge in [0.05, 0.1) is 19.2 Å². The Morgan fingerprint density at radius 2 is 1.57 bits per heavy atom. The number of carbonyl (C=O) groups is 2. The van der Waals surface area contributed by atoms with Gasteiger partial charge in [-0.25, -0.2) is 14.6 Å². The second-order valence-corrected chi connectivity index (χ2v) is 20.1. The normalized spacial score (nSPS) is 15.9. The number of halogens is 2. The van der Waals surface area contributed by atoms with Crippen LogP contribution in [0.4, 0.5) is 5.82 Å². The molecule has 3 aromatic carbocycles. The first-order valence-corrected chi connectivity index (χ1v) is 25.5. The van der Waals surface area contributed by atoms with Crippen LogP contribution < -0.4 is 16.4 Å². The third-order valence-electron chi connectivity index (χ3n) is 12.5. The molecule has 0 saturated carbocycles. The number of hydrogen-bond acceptors (Lipinski definition) is 12. The maximum absolute atomic E-state index is 13.2. The number of aliphatic hydroxyl groups is 1. The second kappa shape index (κ2) is 22.5. The van der Waals surface area contributed by atoms with Crippen molar-refractivity contribution in [2.45, 2.75) is 69.8 Å². The van der Waals surface area contributed by atoms with Gasteiger partial charge in [0.15, 0.2) is 22.1 Å². The quantitative estimate of drug-likeness (QED) is 0.0392. The maximum atomic E-state index is 13.2. The molecule has 2 fully saturated rings. The van der Waals surface area contributed by atoms with E-state index >= 15 is 0 Å². The SMILES string of the molecule is CCCSc1nc(NCCN)c2nnn(Cc3ccc(CCCNC(=O)C4CCN(CCC(=O)N5CCN(CC(O)Cn6c7ccc(Br)cc7c7cc(Br)ccc76)CC5)CC4)cc3)c2n1. The number of fused-ring (bicyclic) bond motifs is 4. The van der Waals surface area contributed by atoms with Crippen LogP contribution in [0.25, 0.3) is 33.0 Å². The van der Waals surface area contributed by atoms with E-state index in [1.807, 2.05) is 21.7 Å². The van der Waals surface area contributed by atoms with Gasteiger partial charge in [-0.15, -0.1) is 5.10 Å². The molecule has 346 valence electrons. The highest BCUT2D eigenvalue weighted by Crippen LogP contribution is 2.33. The van der Waals surface area contributed by atoms with Crippen LogP contribution >= 0.6 is 43.6 Å². The molecule has 0 spiro atoms. The minimum absolute atomic E-state index is 0.0101. The first-order chi connectivity index (χ1) is 31.6. The molecule has 6 aromatic rings. The van der Waals surface area contributed by atoms with Crippen molar-refractivity contribution in [2.75, 3.05) is 83.1 Å². The van der Waals surface area contributed by atoms with Crippen LogP contribution in [0.2, 0.25) is 0 Å². The van der Waals surface area contributed by atoms with E-state index in [0.717, 1.165) is 100 Å². The molecule has 5 heterocycles. The summed E-state index contributed by atoms with van der Waals surface area (Å²) in [5, 5.41) is 29.5. The van der Waals surface area contributed by atoms with E-state index < -0.39 is 6.10 Å². The number of aryl methyl sites for hydroxylation is 1. The van der Waals surface area contributed by atoms with Crippen LogP contribution in [-0.4, -0.2) is 145 Å². The van der Waals surface area contributed by atoms with E-state index in [1.165, 1.54) is 5.56 Å². The number of anilines is 1. The molecule has 0 bridgehead atoms. The zero-order valence-corrected chi connectivity index (χ0v) is 41.1. The summed E-state index contributed by atoms with van der Waals surface area (Å²) >= 11 is 8.86. The Bertz CT molecular complexity index is 2500. The number of amides is 2. The van der Waals surface area contributed by atoms with Gasteiger partial charge in [0.2, 0.25) is 11.8 Å². The molecule has 15 nitrogen and oxygen atoms in total. The van der Waals surface area contributed by atoms with E-state index in [4.69, 9.17) is 10.7 Å². The molecule has 5 N–H and O–H groups in total. The lowest BCUT2D eigenvalue weighted by atomic mass is 9.95. The predicted octanol–water partition coefficient (Wildman–Crippen LogP) is 6.13. The highest BCUT2D eigenvalue weighted by molar-refractivity contribution is 9.10. The number of β-amino-alcohol motifs (C(OH)–C–C–N with tert-alkyl or cyclic N) is 1. The van der Waals surface area contributed by atoms with Crippen molar-refractivity contribution in [2.24, 2.45) is 11.7 Å². The maximum Gasteiger partial charge on any atom is 0.223 e. The highest BCUT2D eigenvalue weighted by Gasteiger charge is 2.27. The molecule has 3 aromatic heterocycles. The second-order valence-electron chi connectivity index (χ2n) is 17.2. The molecule has 18 heteroatoms. The molecule has 2 aliphatic rings. The molecule has 0 radical (unpaired) electrons. The Balaban J connectivity index is 0.706. The zero-order valence-electron chi connectivity index (χ0n) is 37.1. The number of nitrogens with zero attached hydrogens (tertiary/aromatic N) is 9. The monoisotopic (exact) mass is 1030 g/mol. The van der Waals surface area contributed by atoms with E-state index in [-0.39, 0.29) is 17.7 Å². The van der Waals surface area contributed by atoms with E-state index in [9.17, 15) is 14.7 Å². The van der Waals surface area contributed by atoms with Crippen molar-refractivity contribution in [3.8, 4) is 0 Å². The van der Waals surface area contributed by atoms with Crippen LogP contribution in [0.1, 0.15) is 50.2 Å². The Kier molecular flexibility index (Phi) is 16.4. The summed E-state index contributed by atoms with van der Waals surface area (Å²) in [4.78, 5) is 42.3. The Labute approximate surface area is 401 Å². The summed E-state index contributed by atoms with van der Waals surface area (Å²) in [6, 6.07) is 21.1. The Morgan fingerprint density at radius 3 is 2.25 bits per heavy atom. The summed E-state index contributed by atoms with van der Waals surface area (Å²) in [6.07, 6.45) is 4.33. The third kappa shape index (κ3) is 12.1. The summed E-state index contributed by atoms with van der Waals surface area (Å²) in [6.45, 7) is 10.7. The number of aliphatic hydroxyl groups excluding tert-OH is 1. The van der Waals surface area contributed by atoms with Gasteiger partial charge in [-0.05, 0) is 92.7 Å². The molecule has 8 rings (SSSR count). The third-order valence-corrected chi connectivity index (χ3v) is 14.5. The van der Waals surface area contributed by atoms with E-state index in [0.29, 0.717) is 87.5 Å². The van der Waals surface area contributed by atoms with Crippen molar-refractivity contribution in [1.82, 2.24) is 49.5 Å². The van der Waals surface area contributed by atoms with Crippen molar-refractivity contribution < 1.29 is 14.7 Å². The van der Waals surface area contributed by atoms with Gasteiger partial charge in [-0.2, -0.15) is 0 Å². The van der Waals surface area contributed by atoms with Crippen LogP contribution in [0.15, 0.2) is 74.8 Å². The van der Waals surface area contributed by atoms with Gasteiger partial charge in [-0.1, -0.05) is 80.0 Å². The Morgan fingerprint density at radius 1 is 0.877 bits per heavy atom. The molecule has 2 amide bonds. The molecule has 65 heavy (non-hydrogen) atoms. The van der Waals surface area contributed by atoms with Gasteiger partial charge >= 0.3 is 0 Å². The summed E-state index contributed by atoms with van der Waals surface area (Å²) in [5.41, 5.74) is 11.6.